The van der Waals surface area contributed by atoms with Crippen molar-refractivity contribution in [2.75, 3.05) is 37.7 Å². The molecule has 10 nitrogen and oxygen atoms in total. The van der Waals surface area contributed by atoms with E-state index in [0.29, 0.717) is 48.8 Å². The molecule has 2 aliphatic heterocycles. The number of hydrogen-bond donors (Lipinski definition) is 0. The van der Waals surface area contributed by atoms with Crippen LogP contribution in [0, 0.1) is 0 Å². The van der Waals surface area contributed by atoms with Gasteiger partial charge >= 0.3 is 0 Å². The fourth-order valence-corrected chi connectivity index (χ4v) is 4.55. The van der Waals surface area contributed by atoms with E-state index in [-0.39, 0.29) is 30.5 Å². The van der Waals surface area contributed by atoms with E-state index in [9.17, 15) is 14.4 Å². The van der Waals surface area contributed by atoms with Gasteiger partial charge < -0.3 is 23.7 Å². The number of anilines is 1. The standard InChI is InChI=1S/C25H22N4O6/c30-21(14-28-15-26-22-16-5-1-3-7-18(16)35-23(22)25(28)32)29-13-20(24(31)27-9-11-33-12-10-27)34-19-8-4-2-6-17(19)29/h1-8,15,20H,9-14H2/t20-/m0/s1. The summed E-state index contributed by atoms with van der Waals surface area (Å²) in [6, 6.07) is 14.3. The lowest BCUT2D eigenvalue weighted by Crippen LogP contribution is -2.54. The van der Waals surface area contributed by atoms with E-state index in [0.717, 1.165) is 5.39 Å². The molecule has 178 valence electrons. The van der Waals surface area contributed by atoms with Crippen molar-refractivity contribution in [3.8, 4) is 5.75 Å². The molecule has 1 saturated heterocycles. The summed E-state index contributed by atoms with van der Waals surface area (Å²) >= 11 is 0. The third-order valence-corrected chi connectivity index (χ3v) is 6.33. The number of carbonyl (C=O) groups excluding carboxylic acids is 2. The molecule has 0 N–H and O–H groups in total. The zero-order chi connectivity index (χ0) is 23.9. The van der Waals surface area contributed by atoms with E-state index < -0.39 is 11.7 Å². The zero-order valence-corrected chi connectivity index (χ0v) is 18.8. The highest BCUT2D eigenvalue weighted by Crippen LogP contribution is 2.34. The average Bonchev–Trinajstić information content (AvgIpc) is 3.29. The molecule has 2 aromatic heterocycles. The van der Waals surface area contributed by atoms with Gasteiger partial charge in [0.05, 0.1) is 31.8 Å². The second-order valence-corrected chi connectivity index (χ2v) is 8.47. The van der Waals surface area contributed by atoms with Gasteiger partial charge in [0.15, 0.2) is 6.10 Å². The number of aromatic nitrogens is 2. The highest BCUT2D eigenvalue weighted by Gasteiger charge is 2.36. The van der Waals surface area contributed by atoms with Crippen LogP contribution < -0.4 is 15.2 Å². The SMILES string of the molecule is O=C([C@@H]1CN(C(=O)Cn2cnc3c(oc4ccccc43)c2=O)c2ccccc2O1)N1CCOCC1. The first-order chi connectivity index (χ1) is 17.1. The Morgan fingerprint density at radius 1 is 1.03 bits per heavy atom. The number of rotatable bonds is 3. The Morgan fingerprint density at radius 3 is 2.66 bits per heavy atom. The van der Waals surface area contributed by atoms with Crippen molar-refractivity contribution < 1.29 is 23.5 Å². The first-order valence-corrected chi connectivity index (χ1v) is 11.4. The van der Waals surface area contributed by atoms with Crippen LogP contribution in [0.1, 0.15) is 0 Å². The van der Waals surface area contributed by atoms with Gasteiger partial charge in [0, 0.05) is 18.5 Å². The van der Waals surface area contributed by atoms with Gasteiger partial charge in [-0.3, -0.25) is 19.0 Å². The molecular formula is C25H22N4O6. The maximum Gasteiger partial charge on any atom is 0.297 e. The van der Waals surface area contributed by atoms with Gasteiger partial charge in [0.1, 0.15) is 23.4 Å². The van der Waals surface area contributed by atoms with Gasteiger partial charge in [-0.05, 0) is 24.3 Å². The highest BCUT2D eigenvalue weighted by atomic mass is 16.5. The molecule has 2 aliphatic rings. The lowest BCUT2D eigenvalue weighted by atomic mass is 10.1. The first kappa shape index (κ1) is 21.4. The molecule has 0 spiro atoms. The van der Waals surface area contributed by atoms with Gasteiger partial charge in [0.25, 0.3) is 11.5 Å². The number of carbonyl (C=O) groups is 2. The molecule has 1 atom stereocenters. The van der Waals surface area contributed by atoms with Crippen molar-refractivity contribution in [2.24, 2.45) is 0 Å². The normalized spacial score (nSPS) is 17.9. The van der Waals surface area contributed by atoms with Gasteiger partial charge in [-0.15, -0.1) is 0 Å². The summed E-state index contributed by atoms with van der Waals surface area (Å²) in [7, 11) is 0. The average molecular weight is 474 g/mol. The monoisotopic (exact) mass is 474 g/mol. The Bertz CT molecular complexity index is 1500. The van der Waals surface area contributed by atoms with Crippen LogP contribution in [0.3, 0.4) is 0 Å². The van der Waals surface area contributed by atoms with E-state index in [2.05, 4.69) is 4.98 Å². The number of amides is 2. The van der Waals surface area contributed by atoms with Crippen molar-refractivity contribution in [1.82, 2.24) is 14.5 Å². The van der Waals surface area contributed by atoms with Crippen LogP contribution >= 0.6 is 0 Å². The summed E-state index contributed by atoms with van der Waals surface area (Å²) in [6.07, 6.45) is 0.507. The number of para-hydroxylation sites is 3. The first-order valence-electron chi connectivity index (χ1n) is 11.4. The van der Waals surface area contributed by atoms with Crippen molar-refractivity contribution in [1.29, 1.82) is 0 Å². The van der Waals surface area contributed by atoms with Crippen molar-refractivity contribution >= 4 is 39.6 Å². The van der Waals surface area contributed by atoms with Crippen LogP contribution in [0.15, 0.2) is 64.1 Å². The molecule has 2 aromatic carbocycles. The van der Waals surface area contributed by atoms with Crippen molar-refractivity contribution in [3.63, 3.8) is 0 Å². The predicted octanol–water partition coefficient (Wildman–Crippen LogP) is 1.80. The third-order valence-electron chi connectivity index (χ3n) is 6.33. The van der Waals surface area contributed by atoms with Crippen molar-refractivity contribution in [2.45, 2.75) is 12.6 Å². The fourth-order valence-electron chi connectivity index (χ4n) is 4.55. The molecule has 4 heterocycles. The van der Waals surface area contributed by atoms with Crippen LogP contribution in [-0.2, 0) is 20.9 Å². The molecule has 0 saturated carbocycles. The minimum absolute atomic E-state index is 0.0428. The number of morpholine rings is 1. The van der Waals surface area contributed by atoms with E-state index in [1.54, 1.807) is 35.2 Å². The molecule has 0 bridgehead atoms. The quantitative estimate of drug-likeness (QED) is 0.446. The zero-order valence-electron chi connectivity index (χ0n) is 18.8. The van der Waals surface area contributed by atoms with Crippen LogP contribution in [0.2, 0.25) is 0 Å². The maximum absolute atomic E-state index is 13.4. The molecule has 1 fully saturated rings. The number of ether oxygens (including phenoxy) is 2. The van der Waals surface area contributed by atoms with Gasteiger partial charge in [0.2, 0.25) is 11.5 Å². The Hall–Kier alpha value is -4.18. The van der Waals surface area contributed by atoms with Gasteiger partial charge in [-0.2, -0.15) is 0 Å². The third kappa shape index (κ3) is 3.71. The summed E-state index contributed by atoms with van der Waals surface area (Å²) in [5.74, 6) is -0.111. The largest absolute Gasteiger partial charge is 0.476 e. The molecule has 10 heteroatoms. The summed E-state index contributed by atoms with van der Waals surface area (Å²) in [5, 5.41) is 0.740. The summed E-state index contributed by atoms with van der Waals surface area (Å²) in [5.41, 5.74) is 1.23. The molecule has 6 rings (SSSR count). The maximum atomic E-state index is 13.4. The number of furan rings is 1. The molecule has 2 amide bonds. The van der Waals surface area contributed by atoms with E-state index in [1.165, 1.54) is 15.8 Å². The Morgan fingerprint density at radius 2 is 1.80 bits per heavy atom. The molecule has 0 radical (unpaired) electrons. The molecule has 4 aromatic rings. The Kier molecular flexibility index (Phi) is 5.22. The van der Waals surface area contributed by atoms with E-state index in [4.69, 9.17) is 13.9 Å². The van der Waals surface area contributed by atoms with Crippen LogP contribution in [0.4, 0.5) is 5.69 Å². The summed E-state index contributed by atoms with van der Waals surface area (Å²) in [4.78, 5) is 47.2. The number of benzene rings is 2. The molecule has 0 aliphatic carbocycles. The second kappa shape index (κ2) is 8.55. The number of hydrogen-bond acceptors (Lipinski definition) is 7. The molecule has 0 unspecified atom stereocenters. The second-order valence-electron chi connectivity index (χ2n) is 8.47. The minimum atomic E-state index is -0.848. The summed E-state index contributed by atoms with van der Waals surface area (Å²) in [6.45, 7) is 1.68. The van der Waals surface area contributed by atoms with Crippen LogP contribution in [0.5, 0.6) is 5.75 Å². The van der Waals surface area contributed by atoms with Crippen LogP contribution in [0.25, 0.3) is 22.1 Å². The number of fused-ring (bicyclic) bond motifs is 4. The van der Waals surface area contributed by atoms with Gasteiger partial charge in [-0.1, -0.05) is 24.3 Å². The minimum Gasteiger partial charge on any atom is -0.476 e. The predicted molar refractivity (Wildman–Crippen MR) is 126 cm³/mol. The topological polar surface area (TPSA) is 107 Å². The summed E-state index contributed by atoms with van der Waals surface area (Å²) < 4.78 is 18.3. The molecular weight excluding hydrogens is 452 g/mol. The Balaban J connectivity index is 1.30. The van der Waals surface area contributed by atoms with E-state index in [1.807, 2.05) is 18.2 Å². The molecule has 35 heavy (non-hydrogen) atoms. The van der Waals surface area contributed by atoms with E-state index >= 15 is 0 Å². The lowest BCUT2D eigenvalue weighted by molar-refractivity contribution is -0.142. The van der Waals surface area contributed by atoms with Crippen LogP contribution in [-0.4, -0.2) is 65.2 Å². The fraction of sp³-hybridized carbons (Fsp3) is 0.280. The lowest BCUT2D eigenvalue weighted by Gasteiger charge is -2.37. The van der Waals surface area contributed by atoms with Crippen molar-refractivity contribution in [3.05, 3.63) is 65.2 Å². The Labute approximate surface area is 199 Å². The number of nitrogens with zero attached hydrogens (tertiary/aromatic N) is 4. The highest BCUT2D eigenvalue weighted by molar-refractivity contribution is 6.02. The smallest absolute Gasteiger partial charge is 0.297 e. The van der Waals surface area contributed by atoms with Gasteiger partial charge in [-0.25, -0.2) is 4.98 Å².